The predicted octanol–water partition coefficient (Wildman–Crippen LogP) is 4.02. The first-order valence-corrected chi connectivity index (χ1v) is 7.13. The van der Waals surface area contributed by atoms with Gasteiger partial charge >= 0.3 is 0 Å². The summed E-state index contributed by atoms with van der Waals surface area (Å²) in [7, 11) is 0. The first-order valence-electron chi connectivity index (χ1n) is 6.34. The second kappa shape index (κ2) is 4.57. The fourth-order valence-corrected chi connectivity index (χ4v) is 2.90. The van der Waals surface area contributed by atoms with E-state index in [1.54, 1.807) is 6.20 Å². The Labute approximate surface area is 121 Å². The van der Waals surface area contributed by atoms with Crippen molar-refractivity contribution in [3.8, 4) is 0 Å². The number of hydrogen-bond donors (Lipinski definition) is 0. The highest BCUT2D eigenvalue weighted by molar-refractivity contribution is 9.10. The van der Waals surface area contributed by atoms with Gasteiger partial charge in [0.15, 0.2) is 0 Å². The summed E-state index contributed by atoms with van der Waals surface area (Å²) in [5.41, 5.74) is 4.63. The molecule has 0 bridgehead atoms. The van der Waals surface area contributed by atoms with Gasteiger partial charge < -0.3 is 0 Å². The van der Waals surface area contributed by atoms with Gasteiger partial charge in [-0.2, -0.15) is 0 Å². The molecule has 0 saturated carbocycles. The average molecular weight is 315 g/mol. The van der Waals surface area contributed by atoms with Crippen molar-refractivity contribution in [2.24, 2.45) is 4.99 Å². The summed E-state index contributed by atoms with van der Waals surface area (Å²) < 4.78 is 0.980. The number of hydrogen-bond acceptors (Lipinski definition) is 2. The highest BCUT2D eigenvalue weighted by Gasteiger charge is 2.27. The van der Waals surface area contributed by atoms with Crippen LogP contribution in [0.3, 0.4) is 0 Å². The lowest BCUT2D eigenvalue weighted by Crippen LogP contribution is -2.29. The van der Waals surface area contributed by atoms with Crippen molar-refractivity contribution in [3.05, 3.63) is 63.9 Å². The first kappa shape index (κ1) is 12.5. The maximum Gasteiger partial charge on any atom is 0.0744 e. The molecule has 0 N–H and O–H groups in total. The van der Waals surface area contributed by atoms with Crippen LogP contribution in [-0.2, 0) is 6.42 Å². The standard InChI is InChI=1S/C16H15BrN2/c1-16(2)8-11-5-3-4-6-14(11)15(19-16)12-7-13(17)10-18-9-12/h3-7,9-10H,8H2,1-2H3. The fraction of sp³-hybridized carbons (Fsp3) is 0.250. The van der Waals surface area contributed by atoms with Crippen LogP contribution >= 0.6 is 15.9 Å². The number of aromatic nitrogens is 1. The minimum absolute atomic E-state index is 0.0635. The minimum atomic E-state index is -0.0635. The van der Waals surface area contributed by atoms with E-state index in [1.165, 1.54) is 11.1 Å². The molecule has 19 heavy (non-hydrogen) atoms. The van der Waals surface area contributed by atoms with Gasteiger partial charge in [-0.15, -0.1) is 0 Å². The molecule has 0 saturated heterocycles. The predicted molar refractivity (Wildman–Crippen MR) is 81.8 cm³/mol. The fourth-order valence-electron chi connectivity index (χ4n) is 2.54. The first-order chi connectivity index (χ1) is 9.05. The van der Waals surface area contributed by atoms with Gasteiger partial charge in [0.2, 0.25) is 0 Å². The molecule has 0 unspecified atom stereocenters. The van der Waals surface area contributed by atoms with E-state index in [0.29, 0.717) is 0 Å². The molecule has 0 amide bonds. The molecule has 1 aromatic carbocycles. The molecule has 1 aliphatic rings. The van der Waals surface area contributed by atoms with Crippen LogP contribution in [0, 0.1) is 0 Å². The Hall–Kier alpha value is -1.48. The average Bonchev–Trinajstić information content (AvgIpc) is 2.36. The van der Waals surface area contributed by atoms with E-state index in [2.05, 4.69) is 65.1 Å². The van der Waals surface area contributed by atoms with E-state index in [-0.39, 0.29) is 5.54 Å². The Morgan fingerprint density at radius 2 is 1.95 bits per heavy atom. The van der Waals surface area contributed by atoms with Gasteiger partial charge in [-0.25, -0.2) is 0 Å². The summed E-state index contributed by atoms with van der Waals surface area (Å²) in [4.78, 5) is 9.18. The van der Waals surface area contributed by atoms with E-state index in [0.717, 1.165) is 22.2 Å². The summed E-state index contributed by atoms with van der Waals surface area (Å²) in [5.74, 6) is 0. The summed E-state index contributed by atoms with van der Waals surface area (Å²) >= 11 is 3.48. The maximum absolute atomic E-state index is 4.92. The molecule has 0 fully saturated rings. The van der Waals surface area contributed by atoms with Gasteiger partial charge in [-0.3, -0.25) is 9.98 Å². The smallest absolute Gasteiger partial charge is 0.0744 e. The number of rotatable bonds is 1. The van der Waals surface area contributed by atoms with E-state index in [4.69, 9.17) is 4.99 Å². The number of fused-ring (bicyclic) bond motifs is 1. The molecule has 2 aromatic rings. The van der Waals surface area contributed by atoms with Crippen molar-refractivity contribution in [2.75, 3.05) is 0 Å². The molecule has 0 radical (unpaired) electrons. The minimum Gasteiger partial charge on any atom is -0.278 e. The number of aliphatic imine (C=N–C) groups is 1. The van der Waals surface area contributed by atoms with Crippen LogP contribution in [0.2, 0.25) is 0 Å². The van der Waals surface area contributed by atoms with Crippen LogP contribution in [-0.4, -0.2) is 16.2 Å². The second-order valence-corrected chi connectivity index (χ2v) is 6.41. The van der Waals surface area contributed by atoms with Gasteiger partial charge in [-0.1, -0.05) is 24.3 Å². The number of nitrogens with zero attached hydrogens (tertiary/aromatic N) is 2. The molecule has 2 heterocycles. The summed E-state index contributed by atoms with van der Waals surface area (Å²) in [6.45, 7) is 4.35. The third-order valence-electron chi connectivity index (χ3n) is 3.29. The Morgan fingerprint density at radius 3 is 2.74 bits per heavy atom. The van der Waals surface area contributed by atoms with Crippen molar-refractivity contribution in [2.45, 2.75) is 25.8 Å². The Bertz CT molecular complexity index is 659. The molecule has 2 nitrogen and oxygen atoms in total. The van der Waals surface area contributed by atoms with Gasteiger partial charge in [0.25, 0.3) is 0 Å². The van der Waals surface area contributed by atoms with Crippen molar-refractivity contribution in [1.29, 1.82) is 0 Å². The zero-order valence-electron chi connectivity index (χ0n) is 11.0. The van der Waals surface area contributed by atoms with Crippen molar-refractivity contribution in [3.63, 3.8) is 0 Å². The molecule has 96 valence electrons. The third-order valence-corrected chi connectivity index (χ3v) is 3.72. The number of halogens is 1. The molecule has 0 aliphatic carbocycles. The maximum atomic E-state index is 4.92. The van der Waals surface area contributed by atoms with Crippen LogP contribution < -0.4 is 0 Å². The Morgan fingerprint density at radius 1 is 1.16 bits per heavy atom. The van der Waals surface area contributed by atoms with E-state index in [1.807, 2.05) is 6.20 Å². The highest BCUT2D eigenvalue weighted by atomic mass is 79.9. The topological polar surface area (TPSA) is 25.2 Å². The van der Waals surface area contributed by atoms with E-state index < -0.39 is 0 Å². The third kappa shape index (κ3) is 2.47. The lowest BCUT2D eigenvalue weighted by atomic mass is 9.85. The lowest BCUT2D eigenvalue weighted by molar-refractivity contribution is 0.513. The highest BCUT2D eigenvalue weighted by Crippen LogP contribution is 2.29. The molecular weight excluding hydrogens is 300 g/mol. The van der Waals surface area contributed by atoms with Crippen molar-refractivity contribution >= 4 is 21.6 Å². The molecular formula is C16H15BrN2. The van der Waals surface area contributed by atoms with Gasteiger partial charge in [0, 0.05) is 28.0 Å². The lowest BCUT2D eigenvalue weighted by Gasteiger charge is -2.29. The largest absolute Gasteiger partial charge is 0.278 e. The number of pyridine rings is 1. The molecule has 0 atom stereocenters. The van der Waals surface area contributed by atoms with Crippen LogP contribution in [0.15, 0.2) is 52.2 Å². The van der Waals surface area contributed by atoms with E-state index in [9.17, 15) is 0 Å². The Kier molecular flexibility index (Phi) is 3.02. The van der Waals surface area contributed by atoms with Crippen LogP contribution in [0.25, 0.3) is 0 Å². The molecule has 1 aliphatic heterocycles. The number of benzene rings is 1. The summed E-state index contributed by atoms with van der Waals surface area (Å²) in [5, 5.41) is 0. The van der Waals surface area contributed by atoms with Crippen LogP contribution in [0.4, 0.5) is 0 Å². The Balaban J connectivity index is 2.20. The van der Waals surface area contributed by atoms with Crippen LogP contribution in [0.5, 0.6) is 0 Å². The van der Waals surface area contributed by atoms with Gasteiger partial charge in [-0.05, 0) is 47.8 Å². The zero-order chi connectivity index (χ0) is 13.5. The molecule has 0 spiro atoms. The van der Waals surface area contributed by atoms with Crippen LogP contribution in [0.1, 0.15) is 30.5 Å². The SMILES string of the molecule is CC1(C)Cc2ccccc2C(c2cncc(Br)c2)=N1. The van der Waals surface area contributed by atoms with Gasteiger partial charge in [0.05, 0.1) is 11.3 Å². The van der Waals surface area contributed by atoms with Crippen molar-refractivity contribution < 1.29 is 0 Å². The molecule has 3 heteroatoms. The van der Waals surface area contributed by atoms with E-state index >= 15 is 0 Å². The quantitative estimate of drug-likeness (QED) is 0.780. The molecule has 3 rings (SSSR count). The summed E-state index contributed by atoms with van der Waals surface area (Å²) in [6.07, 6.45) is 4.65. The summed E-state index contributed by atoms with van der Waals surface area (Å²) in [6, 6.07) is 10.6. The zero-order valence-corrected chi connectivity index (χ0v) is 12.6. The second-order valence-electron chi connectivity index (χ2n) is 5.50. The van der Waals surface area contributed by atoms with Crippen molar-refractivity contribution in [1.82, 2.24) is 4.98 Å². The monoisotopic (exact) mass is 314 g/mol. The van der Waals surface area contributed by atoms with Gasteiger partial charge in [0.1, 0.15) is 0 Å². The normalized spacial score (nSPS) is 16.7. The molecule has 1 aromatic heterocycles.